The molecule has 8 heteroatoms. The van der Waals surface area contributed by atoms with Gasteiger partial charge in [-0.1, -0.05) is 20.8 Å². The van der Waals surface area contributed by atoms with Crippen LogP contribution in [-0.2, 0) is 38.1 Å². The third kappa shape index (κ3) is 7.10. The van der Waals surface area contributed by atoms with E-state index in [2.05, 4.69) is 13.8 Å². The maximum Gasteiger partial charge on any atom is 0.344 e. The van der Waals surface area contributed by atoms with Crippen LogP contribution in [0.5, 0.6) is 0 Å². The quantitative estimate of drug-likeness (QED) is 0.187. The Hall–Kier alpha value is -2.12. The summed E-state index contributed by atoms with van der Waals surface area (Å²) in [6, 6.07) is 0. The Kier molecular flexibility index (Phi) is 10.0. The van der Waals surface area contributed by atoms with Gasteiger partial charge in [0.05, 0.1) is 11.3 Å². The van der Waals surface area contributed by atoms with Crippen LogP contribution in [0.3, 0.4) is 0 Å². The number of hydrogen-bond donors (Lipinski definition) is 0. The molecule has 0 aromatic carbocycles. The molecule has 0 heterocycles. The maximum absolute atomic E-state index is 12.3. The fraction of sp³-hybridized carbons (Fsp3) is 0.892. The SMILES string of the molecule is CCC(C)(C)C(=O)OCC(=O)OC1(C)C2CC3CC(C2)CC1C3.CCC(C)C(=O)OCC(=O)OC1(C)C2CC3CC(C2)CC1C3. The molecule has 8 rings (SSSR count). The first-order chi connectivity index (χ1) is 21.2. The highest BCUT2D eigenvalue weighted by atomic mass is 16.6. The normalized spacial score (nSPS) is 39.4. The molecule has 45 heavy (non-hydrogen) atoms. The third-order valence-corrected chi connectivity index (χ3v) is 13.3. The van der Waals surface area contributed by atoms with Gasteiger partial charge in [0.25, 0.3) is 0 Å². The van der Waals surface area contributed by atoms with Crippen LogP contribution >= 0.6 is 0 Å². The van der Waals surface area contributed by atoms with Gasteiger partial charge in [0.2, 0.25) is 0 Å². The van der Waals surface area contributed by atoms with E-state index in [0.717, 1.165) is 30.1 Å². The average Bonchev–Trinajstić information content (AvgIpc) is 2.99. The molecule has 8 nitrogen and oxygen atoms in total. The molecular weight excluding hydrogens is 572 g/mol. The molecule has 254 valence electrons. The molecule has 1 atom stereocenters. The van der Waals surface area contributed by atoms with Gasteiger partial charge >= 0.3 is 23.9 Å². The monoisotopic (exact) mass is 630 g/mol. The molecular formula is C37H58O8. The lowest BCUT2D eigenvalue weighted by Crippen LogP contribution is -2.58. The summed E-state index contributed by atoms with van der Waals surface area (Å²) in [5.74, 6) is 3.78. The van der Waals surface area contributed by atoms with E-state index in [1.54, 1.807) is 0 Å². The van der Waals surface area contributed by atoms with Crippen molar-refractivity contribution in [1.29, 1.82) is 0 Å². The van der Waals surface area contributed by atoms with Crippen LogP contribution in [0.1, 0.15) is 126 Å². The van der Waals surface area contributed by atoms with Crippen molar-refractivity contribution < 1.29 is 38.1 Å². The second-order valence-electron chi connectivity index (χ2n) is 16.7. The lowest BCUT2D eigenvalue weighted by molar-refractivity contribution is -0.208. The van der Waals surface area contributed by atoms with Crippen LogP contribution in [0, 0.1) is 58.7 Å². The Bertz CT molecular complexity index is 1070. The van der Waals surface area contributed by atoms with Crippen molar-refractivity contribution in [3.63, 3.8) is 0 Å². The highest BCUT2D eigenvalue weighted by Crippen LogP contribution is 2.60. The van der Waals surface area contributed by atoms with E-state index in [1.807, 2.05) is 34.6 Å². The summed E-state index contributed by atoms with van der Waals surface area (Å²) in [6.07, 6.45) is 13.7. The van der Waals surface area contributed by atoms with Crippen LogP contribution in [0.4, 0.5) is 0 Å². The zero-order chi connectivity index (χ0) is 32.7. The number of hydrogen-bond acceptors (Lipinski definition) is 8. The lowest BCUT2D eigenvalue weighted by Gasteiger charge is -2.59. The Morgan fingerprint density at radius 2 is 1.00 bits per heavy atom. The Balaban J connectivity index is 0.000000178. The van der Waals surface area contributed by atoms with Crippen LogP contribution in [-0.4, -0.2) is 48.3 Å². The van der Waals surface area contributed by atoms with Gasteiger partial charge in [-0.3, -0.25) is 9.59 Å². The van der Waals surface area contributed by atoms with Crippen molar-refractivity contribution in [2.24, 2.45) is 58.7 Å². The number of rotatable bonds is 10. The molecule has 0 N–H and O–H groups in total. The van der Waals surface area contributed by atoms with E-state index in [1.165, 1.54) is 64.2 Å². The topological polar surface area (TPSA) is 105 Å². The molecule has 0 aromatic heterocycles. The maximum atomic E-state index is 12.3. The summed E-state index contributed by atoms with van der Waals surface area (Å²) in [6.45, 7) is 13.1. The van der Waals surface area contributed by atoms with Crippen molar-refractivity contribution >= 4 is 23.9 Å². The first-order valence-corrected chi connectivity index (χ1v) is 17.9. The Morgan fingerprint density at radius 1 is 0.644 bits per heavy atom. The van der Waals surface area contributed by atoms with E-state index >= 15 is 0 Å². The molecule has 0 saturated heterocycles. The molecule has 0 radical (unpaired) electrons. The summed E-state index contributed by atoms with van der Waals surface area (Å²) >= 11 is 0. The van der Waals surface area contributed by atoms with E-state index < -0.39 is 5.41 Å². The second-order valence-corrected chi connectivity index (χ2v) is 16.7. The number of esters is 4. The summed E-state index contributed by atoms with van der Waals surface area (Å²) in [5, 5.41) is 0. The van der Waals surface area contributed by atoms with Crippen LogP contribution in [0.15, 0.2) is 0 Å². The fourth-order valence-corrected chi connectivity index (χ4v) is 10.0. The minimum absolute atomic E-state index is 0.162. The minimum atomic E-state index is -0.549. The highest BCUT2D eigenvalue weighted by Gasteiger charge is 2.58. The molecule has 0 aliphatic heterocycles. The van der Waals surface area contributed by atoms with Gasteiger partial charge in [-0.25, -0.2) is 9.59 Å². The predicted octanol–water partition coefficient (Wildman–Crippen LogP) is 7.06. The number of carbonyl (C=O) groups is 4. The summed E-state index contributed by atoms with van der Waals surface area (Å²) in [7, 11) is 0. The lowest BCUT2D eigenvalue weighted by atomic mass is 9.50. The van der Waals surface area contributed by atoms with E-state index in [4.69, 9.17) is 18.9 Å². The largest absolute Gasteiger partial charge is 0.456 e. The predicted molar refractivity (Wildman–Crippen MR) is 169 cm³/mol. The van der Waals surface area contributed by atoms with Gasteiger partial charge < -0.3 is 18.9 Å². The van der Waals surface area contributed by atoms with Gasteiger partial charge in [-0.15, -0.1) is 0 Å². The summed E-state index contributed by atoms with van der Waals surface area (Å²) in [5.41, 5.74) is -1.24. The smallest absolute Gasteiger partial charge is 0.344 e. The molecule has 8 aliphatic rings. The third-order valence-electron chi connectivity index (χ3n) is 13.3. The zero-order valence-electron chi connectivity index (χ0n) is 28.9. The van der Waals surface area contributed by atoms with Gasteiger partial charge in [-0.05, 0) is 152 Å². The molecule has 0 aromatic rings. The first kappa shape index (κ1) is 34.2. The standard InChI is InChI=1S/C19H30O4.C18H28O4/c1-5-18(2,3)17(21)22-11-16(20)23-19(4)14-7-12-6-13(9-14)10-15(19)8-12;1-4-11(2)17(20)21-10-16(19)22-18(3)14-6-12-5-13(8-14)9-15(18)7-12/h12-15H,5-11H2,1-4H3;11-15H,4-10H2,1-3H3. The molecule has 1 unspecified atom stereocenters. The first-order valence-electron chi connectivity index (χ1n) is 17.9. The average molecular weight is 631 g/mol. The molecule has 0 amide bonds. The van der Waals surface area contributed by atoms with Crippen molar-refractivity contribution in [2.45, 2.75) is 137 Å². The zero-order valence-corrected chi connectivity index (χ0v) is 28.9. The molecule has 8 fully saturated rings. The van der Waals surface area contributed by atoms with Crippen LogP contribution in [0.25, 0.3) is 0 Å². The molecule has 8 saturated carbocycles. The van der Waals surface area contributed by atoms with Gasteiger partial charge in [0, 0.05) is 0 Å². The molecule has 0 spiro atoms. The van der Waals surface area contributed by atoms with E-state index in [-0.39, 0.29) is 54.2 Å². The van der Waals surface area contributed by atoms with Crippen LogP contribution in [0.2, 0.25) is 0 Å². The van der Waals surface area contributed by atoms with E-state index in [0.29, 0.717) is 30.1 Å². The minimum Gasteiger partial charge on any atom is -0.456 e. The van der Waals surface area contributed by atoms with Gasteiger partial charge in [0.15, 0.2) is 13.2 Å². The van der Waals surface area contributed by atoms with Gasteiger partial charge in [0.1, 0.15) is 11.2 Å². The number of carbonyl (C=O) groups excluding carboxylic acids is 4. The number of ether oxygens (including phenoxy) is 4. The van der Waals surface area contributed by atoms with Gasteiger partial charge in [-0.2, -0.15) is 0 Å². The van der Waals surface area contributed by atoms with Crippen LogP contribution < -0.4 is 0 Å². The van der Waals surface area contributed by atoms with Crippen molar-refractivity contribution in [1.82, 2.24) is 0 Å². The molecule has 8 bridgehead atoms. The molecule has 8 aliphatic carbocycles. The fourth-order valence-electron chi connectivity index (χ4n) is 10.0. The Morgan fingerprint density at radius 3 is 1.33 bits per heavy atom. The second kappa shape index (κ2) is 13.2. The summed E-state index contributed by atoms with van der Waals surface area (Å²) in [4.78, 5) is 48.1. The highest BCUT2D eigenvalue weighted by molar-refractivity contribution is 5.80. The Labute approximate surface area is 270 Å². The van der Waals surface area contributed by atoms with Crippen molar-refractivity contribution in [2.75, 3.05) is 13.2 Å². The van der Waals surface area contributed by atoms with E-state index in [9.17, 15) is 19.2 Å². The van der Waals surface area contributed by atoms with Crippen molar-refractivity contribution in [3.05, 3.63) is 0 Å². The van der Waals surface area contributed by atoms with Crippen molar-refractivity contribution in [3.8, 4) is 0 Å². The summed E-state index contributed by atoms with van der Waals surface area (Å²) < 4.78 is 22.0.